The molecule has 0 saturated carbocycles. The number of carbonyl (C=O) groups excluding carboxylic acids is 2. The van der Waals surface area contributed by atoms with E-state index in [-0.39, 0.29) is 23.7 Å². The largest absolute Gasteiger partial charge is 0.341 e. The van der Waals surface area contributed by atoms with Crippen molar-refractivity contribution in [2.75, 3.05) is 26.2 Å². The molecule has 2 heterocycles. The molecule has 0 aromatic rings. The summed E-state index contributed by atoms with van der Waals surface area (Å²) >= 11 is 0. The van der Waals surface area contributed by atoms with Crippen LogP contribution in [0.3, 0.4) is 0 Å². The molecule has 2 atom stereocenters. The van der Waals surface area contributed by atoms with Gasteiger partial charge in [0.1, 0.15) is 0 Å². The van der Waals surface area contributed by atoms with Gasteiger partial charge in [0.15, 0.2) is 0 Å². The van der Waals surface area contributed by atoms with E-state index in [9.17, 15) is 9.59 Å². The second-order valence-electron chi connectivity index (χ2n) is 5.63. The molecule has 0 spiro atoms. The number of nitrogens with zero attached hydrogens (tertiary/aromatic N) is 2. The van der Waals surface area contributed by atoms with Crippen LogP contribution in [0.15, 0.2) is 12.7 Å². The van der Waals surface area contributed by atoms with Crippen LogP contribution in [0, 0.1) is 17.8 Å². The van der Waals surface area contributed by atoms with Crippen molar-refractivity contribution in [3.63, 3.8) is 0 Å². The number of piperidine rings is 1. The van der Waals surface area contributed by atoms with Gasteiger partial charge in [-0.05, 0) is 12.3 Å². The van der Waals surface area contributed by atoms with Gasteiger partial charge in [-0.25, -0.2) is 0 Å². The fourth-order valence-electron chi connectivity index (χ4n) is 2.99. The lowest BCUT2D eigenvalue weighted by Crippen LogP contribution is -2.45. The molecule has 0 aromatic heterocycles. The molecule has 2 rings (SSSR count). The van der Waals surface area contributed by atoms with Crippen LogP contribution < -0.4 is 0 Å². The second-order valence-corrected chi connectivity index (χ2v) is 5.63. The van der Waals surface area contributed by atoms with Crippen LogP contribution in [0.25, 0.3) is 0 Å². The molecule has 0 radical (unpaired) electrons. The third-order valence-electron chi connectivity index (χ3n) is 3.99. The van der Waals surface area contributed by atoms with E-state index in [1.165, 1.54) is 0 Å². The lowest BCUT2D eigenvalue weighted by molar-refractivity contribution is -0.139. The molecular formula is C14H22N2O2. The topological polar surface area (TPSA) is 40.6 Å². The second kappa shape index (κ2) is 5.12. The SMILES string of the molecule is C=CCN1CCC2CN(C(=O)C(C)C)CC2C1=O. The third kappa shape index (κ3) is 2.28. The van der Waals surface area contributed by atoms with Crippen LogP contribution >= 0.6 is 0 Å². The summed E-state index contributed by atoms with van der Waals surface area (Å²) in [5.41, 5.74) is 0. The molecule has 0 aliphatic carbocycles. The van der Waals surface area contributed by atoms with Crippen LogP contribution in [0.2, 0.25) is 0 Å². The van der Waals surface area contributed by atoms with E-state index >= 15 is 0 Å². The molecular weight excluding hydrogens is 228 g/mol. The summed E-state index contributed by atoms with van der Waals surface area (Å²) in [5.74, 6) is 0.768. The number of carbonyl (C=O) groups is 2. The minimum absolute atomic E-state index is 0.0152. The summed E-state index contributed by atoms with van der Waals surface area (Å²) in [6, 6.07) is 0. The van der Waals surface area contributed by atoms with Gasteiger partial charge in [-0.2, -0.15) is 0 Å². The van der Waals surface area contributed by atoms with Crippen LogP contribution in [-0.4, -0.2) is 47.8 Å². The Morgan fingerprint density at radius 2 is 2.22 bits per heavy atom. The van der Waals surface area contributed by atoms with E-state index in [0.29, 0.717) is 19.0 Å². The summed E-state index contributed by atoms with van der Waals surface area (Å²) in [6.45, 7) is 10.3. The van der Waals surface area contributed by atoms with Crippen molar-refractivity contribution in [2.24, 2.45) is 17.8 Å². The monoisotopic (exact) mass is 250 g/mol. The maximum absolute atomic E-state index is 12.3. The highest BCUT2D eigenvalue weighted by Gasteiger charge is 2.43. The Hall–Kier alpha value is -1.32. The van der Waals surface area contributed by atoms with Crippen molar-refractivity contribution in [1.82, 2.24) is 9.80 Å². The van der Waals surface area contributed by atoms with Crippen molar-refractivity contribution in [2.45, 2.75) is 20.3 Å². The van der Waals surface area contributed by atoms with Gasteiger partial charge in [0.25, 0.3) is 0 Å². The van der Waals surface area contributed by atoms with Crippen molar-refractivity contribution >= 4 is 11.8 Å². The lowest BCUT2D eigenvalue weighted by Gasteiger charge is -2.32. The van der Waals surface area contributed by atoms with Crippen molar-refractivity contribution in [3.05, 3.63) is 12.7 Å². The Bertz CT molecular complexity index is 365. The van der Waals surface area contributed by atoms with E-state index < -0.39 is 0 Å². The molecule has 0 N–H and O–H groups in total. The highest BCUT2D eigenvalue weighted by atomic mass is 16.2. The van der Waals surface area contributed by atoms with Gasteiger partial charge in [-0.3, -0.25) is 9.59 Å². The first kappa shape index (κ1) is 13.1. The summed E-state index contributed by atoms with van der Waals surface area (Å²) < 4.78 is 0. The zero-order valence-corrected chi connectivity index (χ0v) is 11.3. The summed E-state index contributed by atoms with van der Waals surface area (Å²) in [6.07, 6.45) is 2.77. The molecule has 4 nitrogen and oxygen atoms in total. The Kier molecular flexibility index (Phi) is 3.73. The van der Waals surface area contributed by atoms with Crippen molar-refractivity contribution < 1.29 is 9.59 Å². The summed E-state index contributed by atoms with van der Waals surface area (Å²) in [5, 5.41) is 0. The van der Waals surface area contributed by atoms with Gasteiger partial charge in [0.2, 0.25) is 11.8 Å². The minimum Gasteiger partial charge on any atom is -0.341 e. The van der Waals surface area contributed by atoms with E-state index in [1.807, 2.05) is 23.6 Å². The lowest BCUT2D eigenvalue weighted by atomic mass is 9.88. The zero-order valence-electron chi connectivity index (χ0n) is 11.3. The maximum atomic E-state index is 12.3. The molecule has 100 valence electrons. The normalized spacial score (nSPS) is 27.6. The highest BCUT2D eigenvalue weighted by molar-refractivity contribution is 5.84. The highest BCUT2D eigenvalue weighted by Crippen LogP contribution is 2.32. The van der Waals surface area contributed by atoms with Crippen LogP contribution in [0.1, 0.15) is 20.3 Å². The first-order chi connectivity index (χ1) is 8.54. The summed E-state index contributed by atoms with van der Waals surface area (Å²) in [7, 11) is 0. The molecule has 2 aliphatic rings. The Labute approximate surface area is 109 Å². The molecule has 2 unspecified atom stereocenters. The third-order valence-corrected chi connectivity index (χ3v) is 3.99. The van der Waals surface area contributed by atoms with Crippen molar-refractivity contribution in [3.8, 4) is 0 Å². The number of hydrogen-bond acceptors (Lipinski definition) is 2. The fraction of sp³-hybridized carbons (Fsp3) is 0.714. The average molecular weight is 250 g/mol. The standard InChI is InChI=1S/C14H22N2O2/c1-4-6-15-7-5-11-8-16(13(17)10(2)3)9-12(11)14(15)18/h4,10-12H,1,5-9H2,2-3H3. The number of likely N-dealkylation sites (tertiary alicyclic amines) is 2. The van der Waals surface area contributed by atoms with Gasteiger partial charge >= 0.3 is 0 Å². The molecule has 2 fully saturated rings. The van der Waals surface area contributed by atoms with E-state index in [2.05, 4.69) is 6.58 Å². The predicted octanol–water partition coefficient (Wildman–Crippen LogP) is 1.14. The zero-order chi connectivity index (χ0) is 13.3. The van der Waals surface area contributed by atoms with Gasteiger partial charge in [-0.15, -0.1) is 6.58 Å². The molecule has 18 heavy (non-hydrogen) atoms. The quantitative estimate of drug-likeness (QED) is 0.705. The van der Waals surface area contributed by atoms with Crippen molar-refractivity contribution in [1.29, 1.82) is 0 Å². The van der Waals surface area contributed by atoms with E-state index in [1.54, 1.807) is 6.08 Å². The first-order valence-electron chi connectivity index (χ1n) is 6.73. The van der Waals surface area contributed by atoms with E-state index in [4.69, 9.17) is 0 Å². The summed E-state index contributed by atoms with van der Waals surface area (Å²) in [4.78, 5) is 28.0. The molecule has 2 amide bonds. The number of rotatable bonds is 3. The number of amides is 2. The van der Waals surface area contributed by atoms with Gasteiger partial charge in [0, 0.05) is 32.1 Å². The van der Waals surface area contributed by atoms with Crippen LogP contribution in [-0.2, 0) is 9.59 Å². The predicted molar refractivity (Wildman–Crippen MR) is 69.8 cm³/mol. The Morgan fingerprint density at radius 3 is 2.83 bits per heavy atom. The average Bonchev–Trinajstić information content (AvgIpc) is 2.76. The number of hydrogen-bond donors (Lipinski definition) is 0. The fourth-order valence-corrected chi connectivity index (χ4v) is 2.99. The molecule has 0 bridgehead atoms. The van der Waals surface area contributed by atoms with Gasteiger partial charge < -0.3 is 9.80 Å². The smallest absolute Gasteiger partial charge is 0.228 e. The minimum atomic E-state index is 0.0152. The molecule has 2 aliphatic heterocycles. The maximum Gasteiger partial charge on any atom is 0.228 e. The van der Waals surface area contributed by atoms with Gasteiger partial charge in [-0.1, -0.05) is 19.9 Å². The Balaban J connectivity index is 2.04. The number of fused-ring (bicyclic) bond motifs is 1. The Morgan fingerprint density at radius 1 is 1.50 bits per heavy atom. The molecule has 2 saturated heterocycles. The van der Waals surface area contributed by atoms with Crippen LogP contribution in [0.5, 0.6) is 0 Å². The molecule has 0 aromatic carbocycles. The first-order valence-corrected chi connectivity index (χ1v) is 6.73. The van der Waals surface area contributed by atoms with E-state index in [0.717, 1.165) is 19.5 Å². The molecule has 4 heteroatoms. The van der Waals surface area contributed by atoms with Gasteiger partial charge in [0.05, 0.1) is 5.92 Å². The van der Waals surface area contributed by atoms with Crippen LogP contribution in [0.4, 0.5) is 0 Å².